The standard InChI is InChI=1S/C15H16N2O2/c18-15(19)12-6-7-13(12)17-9-11-4-1-3-10-5-2-8-16-14(10)11/h1-5,8,12-13,17H,6-7,9H2,(H,18,19). The average molecular weight is 256 g/mol. The highest BCUT2D eigenvalue weighted by molar-refractivity contribution is 5.81. The van der Waals surface area contributed by atoms with Crippen molar-refractivity contribution < 1.29 is 9.90 Å². The van der Waals surface area contributed by atoms with Gasteiger partial charge in [-0.05, 0) is 24.5 Å². The van der Waals surface area contributed by atoms with Gasteiger partial charge >= 0.3 is 5.97 Å². The summed E-state index contributed by atoms with van der Waals surface area (Å²) in [6.07, 6.45) is 3.51. The van der Waals surface area contributed by atoms with Crippen molar-refractivity contribution in [2.24, 2.45) is 5.92 Å². The molecule has 4 heteroatoms. The van der Waals surface area contributed by atoms with Crippen molar-refractivity contribution in [2.75, 3.05) is 0 Å². The molecular formula is C15H16N2O2. The minimum absolute atomic E-state index is 0.0940. The van der Waals surface area contributed by atoms with Crippen molar-refractivity contribution in [3.05, 3.63) is 42.1 Å². The van der Waals surface area contributed by atoms with E-state index in [1.54, 1.807) is 6.20 Å². The number of fused-ring (bicyclic) bond motifs is 1. The summed E-state index contributed by atoms with van der Waals surface area (Å²) in [5.74, 6) is -0.928. The number of rotatable bonds is 4. The number of aliphatic carboxylic acids is 1. The Morgan fingerprint density at radius 3 is 2.89 bits per heavy atom. The maximum Gasteiger partial charge on any atom is 0.308 e. The van der Waals surface area contributed by atoms with Gasteiger partial charge in [-0.1, -0.05) is 24.3 Å². The maximum atomic E-state index is 11.0. The summed E-state index contributed by atoms with van der Waals surface area (Å²) in [6, 6.07) is 10.1. The molecule has 2 N–H and O–H groups in total. The lowest BCUT2D eigenvalue weighted by Crippen LogP contribution is -2.47. The van der Waals surface area contributed by atoms with Gasteiger partial charge in [-0.2, -0.15) is 0 Å². The number of carbonyl (C=O) groups is 1. The molecule has 0 aliphatic heterocycles. The summed E-state index contributed by atoms with van der Waals surface area (Å²) in [4.78, 5) is 15.4. The van der Waals surface area contributed by atoms with E-state index in [9.17, 15) is 4.79 Å². The van der Waals surface area contributed by atoms with Crippen LogP contribution in [-0.4, -0.2) is 22.1 Å². The van der Waals surface area contributed by atoms with Crippen LogP contribution in [0.25, 0.3) is 10.9 Å². The van der Waals surface area contributed by atoms with Gasteiger partial charge < -0.3 is 10.4 Å². The SMILES string of the molecule is O=C(O)C1CCC1NCc1cccc2cccnc12. The fourth-order valence-corrected chi connectivity index (χ4v) is 2.59. The number of pyridine rings is 1. The molecule has 0 spiro atoms. The molecule has 1 aliphatic carbocycles. The predicted octanol–water partition coefficient (Wildman–Crippen LogP) is 2.19. The van der Waals surface area contributed by atoms with E-state index in [2.05, 4.69) is 10.3 Å². The summed E-state index contributed by atoms with van der Waals surface area (Å²) in [6.45, 7) is 0.669. The Labute approximate surface area is 111 Å². The normalized spacial score (nSPS) is 22.1. The van der Waals surface area contributed by atoms with Crippen molar-refractivity contribution in [1.29, 1.82) is 0 Å². The zero-order valence-corrected chi connectivity index (χ0v) is 10.5. The number of aromatic nitrogens is 1. The highest BCUT2D eigenvalue weighted by Gasteiger charge is 2.35. The Bertz CT molecular complexity index is 607. The largest absolute Gasteiger partial charge is 0.481 e. The molecule has 0 amide bonds. The second-order valence-corrected chi connectivity index (χ2v) is 5.00. The number of hydrogen-bond donors (Lipinski definition) is 2. The van der Waals surface area contributed by atoms with Gasteiger partial charge in [0.25, 0.3) is 0 Å². The van der Waals surface area contributed by atoms with Gasteiger partial charge in [-0.15, -0.1) is 0 Å². The summed E-state index contributed by atoms with van der Waals surface area (Å²) in [5.41, 5.74) is 2.11. The van der Waals surface area contributed by atoms with Crippen LogP contribution in [0.3, 0.4) is 0 Å². The van der Waals surface area contributed by atoms with E-state index >= 15 is 0 Å². The number of carboxylic acid groups (broad SMARTS) is 1. The topological polar surface area (TPSA) is 62.2 Å². The van der Waals surface area contributed by atoms with Crippen LogP contribution in [0.15, 0.2) is 36.5 Å². The van der Waals surface area contributed by atoms with Gasteiger partial charge in [0.1, 0.15) is 0 Å². The van der Waals surface area contributed by atoms with Crippen LogP contribution < -0.4 is 5.32 Å². The van der Waals surface area contributed by atoms with Crippen molar-refractivity contribution >= 4 is 16.9 Å². The molecule has 0 bridgehead atoms. The zero-order chi connectivity index (χ0) is 13.2. The van der Waals surface area contributed by atoms with Crippen LogP contribution in [0.2, 0.25) is 0 Å². The molecule has 0 radical (unpaired) electrons. The van der Waals surface area contributed by atoms with Crippen LogP contribution >= 0.6 is 0 Å². The maximum absolute atomic E-state index is 11.0. The van der Waals surface area contributed by atoms with Crippen LogP contribution in [0.5, 0.6) is 0 Å². The molecular weight excluding hydrogens is 240 g/mol. The van der Waals surface area contributed by atoms with Gasteiger partial charge in [0.05, 0.1) is 11.4 Å². The van der Waals surface area contributed by atoms with Crippen LogP contribution in [0.1, 0.15) is 18.4 Å². The van der Waals surface area contributed by atoms with E-state index in [0.717, 1.165) is 29.3 Å². The Morgan fingerprint density at radius 1 is 1.32 bits per heavy atom. The van der Waals surface area contributed by atoms with Gasteiger partial charge in [-0.3, -0.25) is 9.78 Å². The Morgan fingerprint density at radius 2 is 2.16 bits per heavy atom. The smallest absolute Gasteiger partial charge is 0.308 e. The minimum Gasteiger partial charge on any atom is -0.481 e. The molecule has 98 valence electrons. The van der Waals surface area contributed by atoms with E-state index in [1.807, 2.05) is 30.3 Å². The Kier molecular flexibility index (Phi) is 3.17. The summed E-state index contributed by atoms with van der Waals surface area (Å²) in [7, 11) is 0. The van der Waals surface area contributed by atoms with E-state index in [4.69, 9.17) is 5.11 Å². The van der Waals surface area contributed by atoms with Gasteiger partial charge in [0.2, 0.25) is 0 Å². The number of para-hydroxylation sites is 1. The highest BCUT2D eigenvalue weighted by atomic mass is 16.4. The number of benzene rings is 1. The third-order valence-electron chi connectivity index (χ3n) is 3.86. The Balaban J connectivity index is 1.74. The third kappa shape index (κ3) is 2.31. The monoisotopic (exact) mass is 256 g/mol. The molecule has 4 nitrogen and oxygen atoms in total. The molecule has 3 rings (SSSR count). The predicted molar refractivity (Wildman–Crippen MR) is 72.7 cm³/mol. The zero-order valence-electron chi connectivity index (χ0n) is 10.5. The fraction of sp³-hybridized carbons (Fsp3) is 0.333. The lowest BCUT2D eigenvalue weighted by Gasteiger charge is -2.34. The minimum atomic E-state index is -0.695. The molecule has 1 saturated carbocycles. The summed E-state index contributed by atoms with van der Waals surface area (Å²) >= 11 is 0. The first-order valence-corrected chi connectivity index (χ1v) is 6.54. The van der Waals surface area contributed by atoms with Gasteiger partial charge in [-0.25, -0.2) is 0 Å². The van der Waals surface area contributed by atoms with E-state index in [0.29, 0.717) is 6.54 Å². The number of carboxylic acids is 1. The van der Waals surface area contributed by atoms with Crippen LogP contribution in [0.4, 0.5) is 0 Å². The molecule has 2 unspecified atom stereocenters. The van der Waals surface area contributed by atoms with Crippen molar-refractivity contribution in [2.45, 2.75) is 25.4 Å². The molecule has 19 heavy (non-hydrogen) atoms. The summed E-state index contributed by atoms with van der Waals surface area (Å²) in [5, 5.41) is 13.5. The molecule has 1 aromatic heterocycles. The molecule has 1 fully saturated rings. The van der Waals surface area contributed by atoms with Gasteiger partial charge in [0, 0.05) is 24.2 Å². The average Bonchev–Trinajstić information content (AvgIpc) is 2.37. The quantitative estimate of drug-likeness (QED) is 0.880. The molecule has 1 aliphatic rings. The molecule has 1 aromatic carbocycles. The van der Waals surface area contributed by atoms with Crippen LogP contribution in [-0.2, 0) is 11.3 Å². The van der Waals surface area contributed by atoms with Crippen molar-refractivity contribution in [3.63, 3.8) is 0 Å². The molecule has 2 aromatic rings. The van der Waals surface area contributed by atoms with Gasteiger partial charge in [0.15, 0.2) is 0 Å². The fourth-order valence-electron chi connectivity index (χ4n) is 2.59. The van der Waals surface area contributed by atoms with E-state index in [1.165, 1.54) is 0 Å². The number of hydrogen-bond acceptors (Lipinski definition) is 3. The molecule has 0 saturated heterocycles. The summed E-state index contributed by atoms with van der Waals surface area (Å²) < 4.78 is 0. The van der Waals surface area contributed by atoms with E-state index < -0.39 is 5.97 Å². The molecule has 1 heterocycles. The molecule has 2 atom stereocenters. The Hall–Kier alpha value is -1.94. The van der Waals surface area contributed by atoms with Crippen LogP contribution in [0, 0.1) is 5.92 Å². The number of nitrogens with zero attached hydrogens (tertiary/aromatic N) is 1. The second-order valence-electron chi connectivity index (χ2n) is 5.00. The van der Waals surface area contributed by atoms with Crippen molar-refractivity contribution in [3.8, 4) is 0 Å². The van der Waals surface area contributed by atoms with E-state index in [-0.39, 0.29) is 12.0 Å². The first-order valence-electron chi connectivity index (χ1n) is 6.54. The van der Waals surface area contributed by atoms with Crippen molar-refractivity contribution in [1.82, 2.24) is 10.3 Å². The highest BCUT2D eigenvalue weighted by Crippen LogP contribution is 2.28. The lowest BCUT2D eigenvalue weighted by atomic mass is 9.79. The first kappa shape index (κ1) is 12.1. The number of nitrogens with one attached hydrogen (secondary N) is 1. The third-order valence-corrected chi connectivity index (χ3v) is 3.86. The lowest BCUT2D eigenvalue weighted by molar-refractivity contribution is -0.146. The second kappa shape index (κ2) is 4.97. The first-order chi connectivity index (χ1) is 9.25.